The molecule has 28 heteroatoms. The summed E-state index contributed by atoms with van der Waals surface area (Å²) in [7, 11) is 1.71. The molecular formula is C34H38N12O14S2. The molecule has 0 saturated heterocycles. The molecule has 0 saturated carbocycles. The Bertz CT molecular complexity index is 1950. The maximum absolute atomic E-state index is 12.9. The molecule has 0 aliphatic carbocycles. The monoisotopic (exact) mass is 902 g/mol. The molecule has 0 aliphatic rings. The zero-order valence-corrected chi connectivity index (χ0v) is 33.6. The minimum absolute atomic E-state index is 0.0188. The summed E-state index contributed by atoms with van der Waals surface area (Å²) in [6.45, 7) is -1.67. The predicted molar refractivity (Wildman–Crippen MR) is 217 cm³/mol. The highest BCUT2D eigenvalue weighted by molar-refractivity contribution is 8.76. The summed E-state index contributed by atoms with van der Waals surface area (Å²) >= 11 is 0. The van der Waals surface area contributed by atoms with Gasteiger partial charge >= 0.3 is 23.9 Å². The van der Waals surface area contributed by atoms with Crippen LogP contribution in [-0.2, 0) is 38.4 Å². The Balaban J connectivity index is 2.05. The van der Waals surface area contributed by atoms with Crippen molar-refractivity contribution in [3.8, 4) is 0 Å². The molecule has 2 aromatic carbocycles. The number of nitrogens with zero attached hydrogens (tertiary/aromatic N) is 6. The fraction of sp³-hybridized carbons (Fsp3) is 0.353. The van der Waals surface area contributed by atoms with Crippen LogP contribution in [-0.4, -0.2) is 129 Å². The summed E-state index contributed by atoms with van der Waals surface area (Å²) in [5.41, 5.74) is 17.5. The summed E-state index contributed by atoms with van der Waals surface area (Å²) in [5, 5.41) is 57.4. The number of rotatable bonds is 27. The lowest BCUT2D eigenvalue weighted by molar-refractivity contribution is -0.140. The fourth-order valence-corrected chi connectivity index (χ4v) is 7.04. The predicted octanol–water partition coefficient (Wildman–Crippen LogP) is 0.949. The number of hydrogen-bond acceptors (Lipinski definition) is 14. The van der Waals surface area contributed by atoms with Crippen LogP contribution in [0.5, 0.6) is 0 Å². The van der Waals surface area contributed by atoms with Crippen molar-refractivity contribution in [2.24, 2.45) is 10.2 Å². The number of carboxylic acid groups (broad SMARTS) is 4. The van der Waals surface area contributed by atoms with Gasteiger partial charge in [-0.3, -0.25) is 38.4 Å². The van der Waals surface area contributed by atoms with Crippen LogP contribution < -0.4 is 31.9 Å². The van der Waals surface area contributed by atoms with Crippen molar-refractivity contribution in [3.05, 3.63) is 80.5 Å². The van der Waals surface area contributed by atoms with Gasteiger partial charge in [-0.15, -0.1) is 0 Å². The Morgan fingerprint density at radius 2 is 0.871 bits per heavy atom. The molecule has 2 rings (SSSR count). The van der Waals surface area contributed by atoms with E-state index in [4.69, 9.17) is 21.3 Å². The first-order chi connectivity index (χ1) is 29.4. The van der Waals surface area contributed by atoms with Crippen LogP contribution in [0.2, 0.25) is 0 Å². The van der Waals surface area contributed by atoms with E-state index >= 15 is 0 Å². The lowest BCUT2D eigenvalue weighted by Crippen LogP contribution is -2.50. The molecule has 4 atom stereocenters. The molecule has 0 bridgehead atoms. The third-order valence-corrected chi connectivity index (χ3v) is 10.2. The molecule has 6 amide bonds. The first kappa shape index (κ1) is 50.6. The Hall–Kier alpha value is -7.54. The number of benzene rings is 2. The summed E-state index contributed by atoms with van der Waals surface area (Å²) < 4.78 is 0. The molecule has 0 aliphatic heterocycles. The van der Waals surface area contributed by atoms with E-state index in [9.17, 15) is 58.2 Å². The maximum Gasteiger partial charge on any atom is 0.326 e. The summed E-state index contributed by atoms with van der Waals surface area (Å²) in [5.74, 6) is -11.7. The number of hydrogen-bond donors (Lipinski definition) is 10. The second-order valence-electron chi connectivity index (χ2n) is 12.3. The van der Waals surface area contributed by atoms with Gasteiger partial charge in [0.25, 0.3) is 11.8 Å². The lowest BCUT2D eigenvalue weighted by Gasteiger charge is -2.20. The smallest absolute Gasteiger partial charge is 0.326 e. The Morgan fingerprint density at radius 1 is 0.532 bits per heavy atom. The van der Waals surface area contributed by atoms with Gasteiger partial charge in [0.05, 0.1) is 0 Å². The SMILES string of the molecule is [N-]=[N+]=Nc1ccc(C(=O)N[C@@H](CCC(=O)N[C@@H](CSSC[C@H](NC(=O)CC[C@H](NC(=O)c2ccc(N=[N+]=[N-])cc2)C(=O)O)C(=O)NCC(=O)O)C(=O)NCC(=O)O)C(=O)O)cc1. The van der Waals surface area contributed by atoms with Gasteiger partial charge in [-0.25, -0.2) is 9.59 Å². The van der Waals surface area contributed by atoms with Crippen molar-refractivity contribution in [2.45, 2.75) is 49.9 Å². The standard InChI is InChI=1S/C34H38N12O14S2/c35-45-43-19-5-1-17(2-6-19)29(53)41-21(33(57)58)9-11-25(47)39-23(31(55)37-13-27(49)50)15-61-62-16-24(32(56)38-14-28(51)52)40-26(48)12-10-22(34(59)60)42-30(54)18-3-7-20(8-4-18)44-46-36/h1-8,21-24H,9-16H2,(H,37,55)(H,38,56)(H,39,47)(H,40,48)(H,41,53)(H,42,54)(H,49,50)(H,51,52)(H,57,58)(H,59,60)/t21-,22-,23-,24-/m0/s1. The van der Waals surface area contributed by atoms with Crippen molar-refractivity contribution in [1.82, 2.24) is 31.9 Å². The van der Waals surface area contributed by atoms with Crippen molar-refractivity contribution in [2.75, 3.05) is 24.6 Å². The summed E-state index contributed by atoms with van der Waals surface area (Å²) in [6.07, 6.45) is -1.97. The van der Waals surface area contributed by atoms with E-state index in [1.54, 1.807) is 0 Å². The summed E-state index contributed by atoms with van der Waals surface area (Å²) in [6, 6.07) is 4.37. The van der Waals surface area contributed by atoms with Crippen LogP contribution in [0.3, 0.4) is 0 Å². The Kier molecular flexibility index (Phi) is 21.7. The normalized spacial score (nSPS) is 12.2. The molecular weight excluding hydrogens is 865 g/mol. The van der Waals surface area contributed by atoms with E-state index in [-0.39, 0.29) is 34.0 Å². The van der Waals surface area contributed by atoms with Gasteiger partial charge in [0.2, 0.25) is 23.6 Å². The van der Waals surface area contributed by atoms with E-state index in [1.807, 2.05) is 0 Å². The molecule has 0 unspecified atom stereocenters. The van der Waals surface area contributed by atoms with Gasteiger partial charge < -0.3 is 52.3 Å². The van der Waals surface area contributed by atoms with Crippen LogP contribution in [0.15, 0.2) is 58.8 Å². The van der Waals surface area contributed by atoms with Gasteiger partial charge in [-0.05, 0) is 48.2 Å². The maximum atomic E-state index is 12.9. The quantitative estimate of drug-likeness (QED) is 0.0196. The number of aliphatic carboxylic acids is 4. The molecule has 0 spiro atoms. The number of amides is 6. The second-order valence-corrected chi connectivity index (χ2v) is 14.9. The highest BCUT2D eigenvalue weighted by atomic mass is 33.1. The van der Waals surface area contributed by atoms with Crippen LogP contribution in [0, 0.1) is 0 Å². The van der Waals surface area contributed by atoms with Gasteiger partial charge in [0.1, 0.15) is 37.3 Å². The first-order valence-corrected chi connectivity index (χ1v) is 20.1. The minimum Gasteiger partial charge on any atom is -0.480 e. The topological polar surface area (TPSA) is 421 Å². The van der Waals surface area contributed by atoms with Gasteiger partial charge in [0, 0.05) is 56.7 Å². The minimum atomic E-state index is -1.57. The van der Waals surface area contributed by atoms with Gasteiger partial charge in [0.15, 0.2) is 0 Å². The number of azide groups is 2. The zero-order chi connectivity index (χ0) is 46.2. The van der Waals surface area contributed by atoms with Gasteiger partial charge in [-0.1, -0.05) is 56.1 Å². The molecule has 0 aromatic heterocycles. The second kappa shape index (κ2) is 26.5. The molecule has 0 radical (unpaired) electrons. The Morgan fingerprint density at radius 3 is 1.16 bits per heavy atom. The molecule has 62 heavy (non-hydrogen) atoms. The molecule has 0 fully saturated rings. The van der Waals surface area contributed by atoms with Crippen LogP contribution in [0.4, 0.5) is 11.4 Å². The average Bonchev–Trinajstić information content (AvgIpc) is 3.22. The van der Waals surface area contributed by atoms with E-state index in [1.165, 1.54) is 48.5 Å². The number of carbonyl (C=O) groups is 10. The van der Waals surface area contributed by atoms with E-state index in [2.05, 4.69) is 52.0 Å². The summed E-state index contributed by atoms with van der Waals surface area (Å²) in [4.78, 5) is 128. The molecule has 2 aromatic rings. The molecule has 330 valence electrons. The third kappa shape index (κ3) is 19.0. The molecule has 0 heterocycles. The van der Waals surface area contributed by atoms with Crippen LogP contribution in [0.25, 0.3) is 20.9 Å². The highest BCUT2D eigenvalue weighted by Crippen LogP contribution is 2.24. The third-order valence-electron chi connectivity index (χ3n) is 7.79. The Labute approximate surface area is 357 Å². The molecule has 26 nitrogen and oxygen atoms in total. The number of nitrogens with one attached hydrogen (secondary N) is 6. The van der Waals surface area contributed by atoms with Crippen LogP contribution in [0.1, 0.15) is 46.4 Å². The number of carboxylic acids is 4. The highest BCUT2D eigenvalue weighted by Gasteiger charge is 2.28. The largest absolute Gasteiger partial charge is 0.480 e. The number of carbonyl (C=O) groups excluding carboxylic acids is 6. The van der Waals surface area contributed by atoms with E-state index < -0.39 is 122 Å². The van der Waals surface area contributed by atoms with Crippen LogP contribution >= 0.6 is 21.6 Å². The van der Waals surface area contributed by atoms with Gasteiger partial charge in [-0.2, -0.15) is 0 Å². The van der Waals surface area contributed by atoms with E-state index in [0.717, 1.165) is 21.6 Å². The first-order valence-electron chi connectivity index (χ1n) is 17.6. The molecule has 10 N–H and O–H groups in total. The van der Waals surface area contributed by atoms with Crippen molar-refractivity contribution in [1.29, 1.82) is 0 Å². The van der Waals surface area contributed by atoms with Crippen molar-refractivity contribution >= 4 is 92.3 Å². The average molecular weight is 903 g/mol. The van der Waals surface area contributed by atoms with Crippen molar-refractivity contribution < 1.29 is 68.4 Å². The van der Waals surface area contributed by atoms with Crippen molar-refractivity contribution in [3.63, 3.8) is 0 Å². The van der Waals surface area contributed by atoms with E-state index in [0.29, 0.717) is 0 Å². The lowest BCUT2D eigenvalue weighted by atomic mass is 10.1. The zero-order valence-electron chi connectivity index (χ0n) is 32.0. The fourth-order valence-electron chi connectivity index (χ4n) is 4.71.